The van der Waals surface area contributed by atoms with Crippen LogP contribution in [0.15, 0.2) is 30.3 Å². The van der Waals surface area contributed by atoms with E-state index in [1.165, 1.54) is 20.8 Å². The molecule has 19 heteroatoms. The minimum Gasteiger partial charge on any atom is -0.463 e. The number of hydrogen-bond donors (Lipinski definition) is 0. The van der Waals surface area contributed by atoms with E-state index in [-0.39, 0.29) is 13.2 Å². The first-order valence-corrected chi connectivity index (χ1v) is 17.1. The van der Waals surface area contributed by atoms with Crippen molar-refractivity contribution in [1.29, 1.82) is 0 Å². The molecule has 0 aliphatic rings. The Morgan fingerprint density at radius 2 is 0.618 bits per heavy atom. The van der Waals surface area contributed by atoms with Crippen LogP contribution in [0.25, 0.3) is 0 Å². The van der Waals surface area contributed by atoms with E-state index >= 15 is 0 Å². The van der Waals surface area contributed by atoms with Crippen LogP contribution in [0.2, 0.25) is 0 Å². The molecule has 4 unspecified atom stereocenters. The van der Waals surface area contributed by atoms with Crippen molar-refractivity contribution in [3.63, 3.8) is 0 Å². The van der Waals surface area contributed by atoms with Crippen LogP contribution in [-0.4, -0.2) is 115 Å². The molecule has 0 aliphatic carbocycles. The van der Waals surface area contributed by atoms with Crippen LogP contribution in [0, 0.1) is 0 Å². The van der Waals surface area contributed by atoms with Gasteiger partial charge in [-0.1, -0.05) is 30.3 Å². The average molecular weight is 785 g/mol. The summed E-state index contributed by atoms with van der Waals surface area (Å²) in [5.74, 6) is -9.78. The Kier molecular flexibility index (Phi) is 20.1. The summed E-state index contributed by atoms with van der Waals surface area (Å²) >= 11 is 0. The highest BCUT2D eigenvalue weighted by molar-refractivity contribution is 5.88. The third-order valence-electron chi connectivity index (χ3n) is 6.96. The molecular weight excluding hydrogens is 736 g/mol. The molecule has 0 radical (unpaired) electrons. The quantitative estimate of drug-likeness (QED) is 0.127. The van der Waals surface area contributed by atoms with Gasteiger partial charge < -0.3 is 47.4 Å². The highest BCUT2D eigenvalue weighted by Crippen LogP contribution is 2.11. The SMILES string of the molecule is CCOC(=O)[C@H](C)OC(=O)C(C)OC(=O)[C@H](C)OC(=O)C(C)OC(=O)[C@H](C)OC(=O)C(C)OC(=O)[C@H](C)OC(=O)C(C)OC(=O)[C@H](C)OCc1ccccc1. The van der Waals surface area contributed by atoms with Crippen molar-refractivity contribution in [3.8, 4) is 0 Å². The molecule has 1 aromatic carbocycles. The molecule has 0 N–H and O–H groups in total. The predicted octanol–water partition coefficient (Wildman–Crippen LogP) is 1.61. The maximum atomic E-state index is 12.5. The topological polar surface area (TPSA) is 246 Å². The van der Waals surface area contributed by atoms with Gasteiger partial charge in [-0.25, -0.2) is 43.2 Å². The number of carbonyl (C=O) groups is 9. The van der Waals surface area contributed by atoms with Gasteiger partial charge >= 0.3 is 53.7 Å². The normalized spacial score (nSPS) is 15.7. The van der Waals surface area contributed by atoms with Crippen LogP contribution in [0.1, 0.15) is 74.8 Å². The lowest BCUT2D eigenvalue weighted by atomic mass is 10.2. The summed E-state index contributed by atoms with van der Waals surface area (Å²) in [5, 5.41) is 0. The summed E-state index contributed by atoms with van der Waals surface area (Å²) in [5.41, 5.74) is 0.815. The largest absolute Gasteiger partial charge is 0.463 e. The fourth-order valence-electron chi connectivity index (χ4n) is 3.67. The van der Waals surface area contributed by atoms with Crippen LogP contribution >= 0.6 is 0 Å². The number of benzene rings is 1. The molecule has 0 spiro atoms. The molecule has 0 aliphatic heterocycles. The first-order chi connectivity index (χ1) is 25.7. The Balaban J connectivity index is 2.51. The fraction of sp³-hybridized carbons (Fsp3) is 0.583. The van der Waals surface area contributed by atoms with Crippen LogP contribution in [0.5, 0.6) is 0 Å². The molecule has 0 bridgehead atoms. The van der Waals surface area contributed by atoms with Gasteiger partial charge in [0, 0.05) is 0 Å². The van der Waals surface area contributed by atoms with E-state index < -0.39 is 109 Å². The third-order valence-corrected chi connectivity index (χ3v) is 6.96. The molecular formula is C36H48O19. The Labute approximate surface area is 317 Å². The van der Waals surface area contributed by atoms with Crippen LogP contribution in [0.3, 0.4) is 0 Å². The van der Waals surface area contributed by atoms with Crippen molar-refractivity contribution in [3.05, 3.63) is 35.9 Å². The van der Waals surface area contributed by atoms with Gasteiger partial charge in [0.1, 0.15) is 0 Å². The highest BCUT2D eigenvalue weighted by atomic mass is 16.7. The first-order valence-electron chi connectivity index (χ1n) is 17.1. The van der Waals surface area contributed by atoms with E-state index in [1.807, 2.05) is 6.07 Å². The van der Waals surface area contributed by atoms with Crippen LogP contribution < -0.4 is 0 Å². The molecule has 55 heavy (non-hydrogen) atoms. The Bertz CT molecular complexity index is 1510. The number of ether oxygens (including phenoxy) is 10. The van der Waals surface area contributed by atoms with Crippen molar-refractivity contribution in [2.45, 2.75) is 131 Å². The zero-order valence-corrected chi connectivity index (χ0v) is 32.3. The molecule has 1 aromatic rings. The van der Waals surface area contributed by atoms with E-state index in [4.69, 9.17) is 47.4 Å². The molecule has 0 heterocycles. The van der Waals surface area contributed by atoms with Crippen LogP contribution in [-0.2, 0) is 97.1 Å². The fourth-order valence-corrected chi connectivity index (χ4v) is 3.67. The first kappa shape index (κ1) is 47.4. The Morgan fingerprint density at radius 1 is 0.382 bits per heavy atom. The zero-order chi connectivity index (χ0) is 42.0. The number of esters is 9. The lowest BCUT2D eigenvalue weighted by Crippen LogP contribution is -2.39. The van der Waals surface area contributed by atoms with Gasteiger partial charge in [0.25, 0.3) is 0 Å². The van der Waals surface area contributed by atoms with E-state index in [0.29, 0.717) is 0 Å². The summed E-state index contributed by atoms with van der Waals surface area (Å²) < 4.78 is 49.7. The molecule has 0 amide bonds. The zero-order valence-electron chi connectivity index (χ0n) is 32.3. The molecule has 9 atom stereocenters. The maximum Gasteiger partial charge on any atom is 0.347 e. The lowest BCUT2D eigenvalue weighted by molar-refractivity contribution is -0.189. The summed E-state index contributed by atoms with van der Waals surface area (Å²) in [6.07, 6.45) is -13.2. The Hall–Kier alpha value is -5.59. The second kappa shape index (κ2) is 23.3. The van der Waals surface area contributed by atoms with Crippen LogP contribution in [0.4, 0.5) is 0 Å². The number of carbonyl (C=O) groups excluding carboxylic acids is 9. The highest BCUT2D eigenvalue weighted by Gasteiger charge is 2.33. The monoisotopic (exact) mass is 784 g/mol. The minimum absolute atomic E-state index is 0.0562. The summed E-state index contributed by atoms with van der Waals surface area (Å²) in [6, 6.07) is 9.03. The molecule has 306 valence electrons. The van der Waals surface area contributed by atoms with Crippen molar-refractivity contribution in [2.24, 2.45) is 0 Å². The van der Waals surface area contributed by atoms with Gasteiger partial charge in [0.2, 0.25) is 0 Å². The number of rotatable bonds is 21. The second-order valence-electron chi connectivity index (χ2n) is 11.8. The maximum absolute atomic E-state index is 12.5. The second-order valence-corrected chi connectivity index (χ2v) is 11.8. The summed E-state index contributed by atoms with van der Waals surface area (Å²) in [7, 11) is 0. The molecule has 0 saturated heterocycles. The third kappa shape index (κ3) is 17.0. The Morgan fingerprint density at radius 3 is 0.873 bits per heavy atom. The standard InChI is InChI=1S/C36H48O19/c1-11-46-28(37)19(3)48-30(39)21(5)50-32(41)23(7)52-34(43)25(9)54-36(45)26(10)55-35(44)24(8)53-33(42)22(6)51-31(40)20(4)49-29(38)18(2)47-17-27-15-13-12-14-16-27/h12-16,18-26H,11,17H2,1-10H3/t18-,19-,20?,21?,22-,23-,24?,25?,26-/m0/s1. The van der Waals surface area contributed by atoms with Crippen molar-refractivity contribution >= 4 is 53.7 Å². The summed E-state index contributed by atoms with van der Waals surface area (Å²) in [4.78, 5) is 111. The summed E-state index contributed by atoms with van der Waals surface area (Å²) in [6.45, 7) is 12.4. The lowest BCUT2D eigenvalue weighted by Gasteiger charge is -2.21. The molecule has 1 rings (SSSR count). The minimum atomic E-state index is -1.62. The van der Waals surface area contributed by atoms with Gasteiger partial charge in [0.15, 0.2) is 54.9 Å². The molecule has 0 saturated carbocycles. The van der Waals surface area contributed by atoms with Gasteiger partial charge in [-0.2, -0.15) is 0 Å². The average Bonchev–Trinajstić information content (AvgIpc) is 3.13. The molecule has 0 aromatic heterocycles. The van der Waals surface area contributed by atoms with E-state index in [2.05, 4.69) is 0 Å². The van der Waals surface area contributed by atoms with E-state index in [0.717, 1.165) is 47.1 Å². The number of hydrogen-bond acceptors (Lipinski definition) is 19. The van der Waals surface area contributed by atoms with Gasteiger partial charge in [0.05, 0.1) is 13.2 Å². The van der Waals surface area contributed by atoms with E-state index in [1.54, 1.807) is 31.2 Å². The molecule has 0 fully saturated rings. The van der Waals surface area contributed by atoms with Crippen molar-refractivity contribution in [1.82, 2.24) is 0 Å². The van der Waals surface area contributed by atoms with Gasteiger partial charge in [-0.3, -0.25) is 0 Å². The smallest absolute Gasteiger partial charge is 0.347 e. The van der Waals surface area contributed by atoms with Crippen molar-refractivity contribution < 1.29 is 90.5 Å². The van der Waals surface area contributed by atoms with Gasteiger partial charge in [-0.15, -0.1) is 0 Å². The van der Waals surface area contributed by atoms with Gasteiger partial charge in [-0.05, 0) is 74.8 Å². The predicted molar refractivity (Wildman–Crippen MR) is 182 cm³/mol. The van der Waals surface area contributed by atoms with Crippen molar-refractivity contribution in [2.75, 3.05) is 6.61 Å². The molecule has 19 nitrogen and oxygen atoms in total. The van der Waals surface area contributed by atoms with E-state index in [9.17, 15) is 43.2 Å².